The van der Waals surface area contributed by atoms with E-state index in [-0.39, 0.29) is 5.91 Å². The summed E-state index contributed by atoms with van der Waals surface area (Å²) in [6.07, 6.45) is 2.89. The van der Waals surface area contributed by atoms with Crippen LogP contribution in [0.5, 0.6) is 0 Å². The molecule has 132 valence electrons. The van der Waals surface area contributed by atoms with Gasteiger partial charge in [-0.25, -0.2) is 0 Å². The molecule has 0 bridgehead atoms. The van der Waals surface area contributed by atoms with Crippen molar-refractivity contribution in [2.45, 2.75) is 6.10 Å². The third-order valence-electron chi connectivity index (χ3n) is 4.30. The van der Waals surface area contributed by atoms with E-state index in [0.717, 1.165) is 23.5 Å². The predicted molar refractivity (Wildman–Crippen MR) is 103 cm³/mol. The van der Waals surface area contributed by atoms with E-state index in [9.17, 15) is 9.90 Å². The number of carbonyl (C=O) groups excluding carboxylic acids is 1. The molecule has 0 saturated carbocycles. The number of benzene rings is 1. The summed E-state index contributed by atoms with van der Waals surface area (Å²) in [5.41, 5.74) is 0.843. The van der Waals surface area contributed by atoms with Gasteiger partial charge in [0.1, 0.15) is 6.10 Å². The Balaban J connectivity index is 1.48. The molecule has 6 heteroatoms. The zero-order valence-corrected chi connectivity index (χ0v) is 15.4. The van der Waals surface area contributed by atoms with Crippen LogP contribution in [0.4, 0.5) is 0 Å². The van der Waals surface area contributed by atoms with E-state index >= 15 is 0 Å². The van der Waals surface area contributed by atoms with Crippen molar-refractivity contribution in [3.05, 3.63) is 63.3 Å². The standard InChI is InChI=1S/C19H21ClN2O2S/c20-16-5-2-1-4-15(16)7-8-19(24)22-11-9-21(10-12-22)14-17(23)18-6-3-13-25-18/h1-8,13,17,23H,9-12,14H2/b8-7+. The van der Waals surface area contributed by atoms with Gasteiger partial charge >= 0.3 is 0 Å². The minimum absolute atomic E-state index is 0.00150. The van der Waals surface area contributed by atoms with Crippen LogP contribution in [0.3, 0.4) is 0 Å². The summed E-state index contributed by atoms with van der Waals surface area (Å²) in [6.45, 7) is 3.49. The largest absolute Gasteiger partial charge is 0.386 e. The van der Waals surface area contributed by atoms with Crippen molar-refractivity contribution < 1.29 is 9.90 Å². The normalized spacial score (nSPS) is 17.1. The maximum absolute atomic E-state index is 12.3. The number of amides is 1. The molecule has 1 aliphatic rings. The summed E-state index contributed by atoms with van der Waals surface area (Å²) in [5.74, 6) is -0.00150. The lowest BCUT2D eigenvalue weighted by molar-refractivity contribution is -0.127. The van der Waals surface area contributed by atoms with Gasteiger partial charge in [-0.2, -0.15) is 0 Å². The van der Waals surface area contributed by atoms with E-state index in [2.05, 4.69) is 4.90 Å². The fraction of sp³-hybridized carbons (Fsp3) is 0.316. The second-order valence-corrected chi connectivity index (χ2v) is 7.40. The van der Waals surface area contributed by atoms with Crippen molar-refractivity contribution in [1.29, 1.82) is 0 Å². The summed E-state index contributed by atoms with van der Waals surface area (Å²) in [6, 6.07) is 11.4. The molecule has 1 amide bonds. The lowest BCUT2D eigenvalue weighted by Crippen LogP contribution is -2.49. The fourth-order valence-electron chi connectivity index (χ4n) is 2.84. The third-order valence-corrected chi connectivity index (χ3v) is 5.62. The van der Waals surface area contributed by atoms with E-state index in [1.54, 1.807) is 23.5 Å². The Kier molecular flexibility index (Phi) is 6.26. The Morgan fingerprint density at radius 3 is 2.64 bits per heavy atom. The number of aliphatic hydroxyl groups excluding tert-OH is 1. The molecule has 0 spiro atoms. The second-order valence-electron chi connectivity index (χ2n) is 6.01. The Morgan fingerprint density at radius 2 is 1.96 bits per heavy atom. The highest BCUT2D eigenvalue weighted by atomic mass is 35.5. The first-order chi connectivity index (χ1) is 12.1. The van der Waals surface area contributed by atoms with Crippen molar-refractivity contribution in [2.75, 3.05) is 32.7 Å². The van der Waals surface area contributed by atoms with Gasteiger partial charge in [-0.05, 0) is 29.2 Å². The molecule has 3 rings (SSSR count). The number of piperazine rings is 1. The van der Waals surface area contributed by atoms with Gasteiger partial charge in [0.25, 0.3) is 0 Å². The first kappa shape index (κ1) is 18.1. The number of hydrogen-bond acceptors (Lipinski definition) is 4. The van der Waals surface area contributed by atoms with E-state index in [0.29, 0.717) is 24.7 Å². The molecule has 2 heterocycles. The number of β-amino-alcohol motifs (C(OH)–C–C–N with tert-alkyl or cyclic N) is 1. The number of aliphatic hydroxyl groups is 1. The molecule has 1 N–H and O–H groups in total. The van der Waals surface area contributed by atoms with E-state index in [1.165, 1.54) is 0 Å². The van der Waals surface area contributed by atoms with E-state index in [4.69, 9.17) is 11.6 Å². The van der Waals surface area contributed by atoms with Gasteiger partial charge in [-0.3, -0.25) is 9.69 Å². The molecular formula is C19H21ClN2O2S. The topological polar surface area (TPSA) is 43.8 Å². The van der Waals surface area contributed by atoms with Crippen molar-refractivity contribution in [3.8, 4) is 0 Å². The minimum Gasteiger partial charge on any atom is -0.386 e. The predicted octanol–water partition coefficient (Wildman–Crippen LogP) is 3.29. The first-order valence-corrected chi connectivity index (χ1v) is 9.54. The minimum atomic E-state index is -0.456. The van der Waals surface area contributed by atoms with Gasteiger partial charge in [0.05, 0.1) is 0 Å². The van der Waals surface area contributed by atoms with Crippen LogP contribution in [0.2, 0.25) is 5.02 Å². The molecule has 0 radical (unpaired) electrons. The fourth-order valence-corrected chi connectivity index (χ4v) is 3.74. The van der Waals surface area contributed by atoms with Crippen LogP contribution in [0.15, 0.2) is 47.9 Å². The summed E-state index contributed by atoms with van der Waals surface area (Å²) >= 11 is 7.67. The van der Waals surface area contributed by atoms with Gasteiger partial charge < -0.3 is 10.0 Å². The molecule has 1 aromatic carbocycles. The Morgan fingerprint density at radius 1 is 1.20 bits per heavy atom. The molecule has 1 unspecified atom stereocenters. The summed E-state index contributed by atoms with van der Waals surface area (Å²) in [5, 5.41) is 12.8. The number of hydrogen-bond donors (Lipinski definition) is 1. The number of halogens is 1. The monoisotopic (exact) mass is 376 g/mol. The molecule has 1 aliphatic heterocycles. The quantitative estimate of drug-likeness (QED) is 0.814. The van der Waals surface area contributed by atoms with Gasteiger partial charge in [0.15, 0.2) is 0 Å². The second kappa shape index (κ2) is 8.63. The lowest BCUT2D eigenvalue weighted by atomic mass is 10.2. The van der Waals surface area contributed by atoms with E-state index in [1.807, 2.05) is 46.7 Å². The average molecular weight is 377 g/mol. The Hall–Kier alpha value is -1.66. The summed E-state index contributed by atoms with van der Waals surface area (Å²) in [4.78, 5) is 17.4. The van der Waals surface area contributed by atoms with Crippen LogP contribution in [-0.4, -0.2) is 53.5 Å². The lowest BCUT2D eigenvalue weighted by Gasteiger charge is -2.35. The van der Waals surface area contributed by atoms with Gasteiger partial charge in [-0.15, -0.1) is 11.3 Å². The van der Waals surface area contributed by atoms with Gasteiger partial charge in [0, 0.05) is 48.7 Å². The van der Waals surface area contributed by atoms with Gasteiger partial charge in [-0.1, -0.05) is 35.9 Å². The zero-order valence-electron chi connectivity index (χ0n) is 13.8. The molecule has 0 aliphatic carbocycles. The average Bonchev–Trinajstić information content (AvgIpc) is 3.16. The molecule has 1 fully saturated rings. The van der Waals surface area contributed by atoms with Crippen molar-refractivity contribution in [3.63, 3.8) is 0 Å². The molecule has 1 aromatic heterocycles. The Bertz CT molecular complexity index is 725. The third kappa shape index (κ3) is 4.92. The molecule has 25 heavy (non-hydrogen) atoms. The van der Waals surface area contributed by atoms with Crippen LogP contribution >= 0.6 is 22.9 Å². The smallest absolute Gasteiger partial charge is 0.246 e. The highest BCUT2D eigenvalue weighted by molar-refractivity contribution is 7.10. The maximum Gasteiger partial charge on any atom is 0.246 e. The maximum atomic E-state index is 12.3. The highest BCUT2D eigenvalue weighted by Crippen LogP contribution is 2.20. The number of nitrogens with zero attached hydrogens (tertiary/aromatic N) is 2. The highest BCUT2D eigenvalue weighted by Gasteiger charge is 2.22. The summed E-state index contributed by atoms with van der Waals surface area (Å²) in [7, 11) is 0. The van der Waals surface area contributed by atoms with Crippen molar-refractivity contribution in [2.24, 2.45) is 0 Å². The van der Waals surface area contributed by atoms with Crippen molar-refractivity contribution in [1.82, 2.24) is 9.80 Å². The molecule has 1 atom stereocenters. The van der Waals surface area contributed by atoms with Crippen LogP contribution in [0, 0.1) is 0 Å². The number of thiophene rings is 1. The Labute approximate surface area is 156 Å². The van der Waals surface area contributed by atoms with Crippen LogP contribution in [-0.2, 0) is 4.79 Å². The van der Waals surface area contributed by atoms with Crippen LogP contribution < -0.4 is 0 Å². The van der Waals surface area contributed by atoms with Crippen LogP contribution in [0.25, 0.3) is 6.08 Å². The summed E-state index contributed by atoms with van der Waals surface area (Å²) < 4.78 is 0. The zero-order chi connectivity index (χ0) is 17.6. The van der Waals surface area contributed by atoms with Crippen LogP contribution in [0.1, 0.15) is 16.5 Å². The van der Waals surface area contributed by atoms with E-state index < -0.39 is 6.10 Å². The van der Waals surface area contributed by atoms with Gasteiger partial charge in [0.2, 0.25) is 5.91 Å². The number of carbonyl (C=O) groups is 1. The number of rotatable bonds is 5. The molecule has 1 saturated heterocycles. The molecule has 2 aromatic rings. The molecular weight excluding hydrogens is 356 g/mol. The first-order valence-electron chi connectivity index (χ1n) is 8.29. The van der Waals surface area contributed by atoms with Crippen molar-refractivity contribution >= 4 is 34.9 Å². The molecule has 4 nitrogen and oxygen atoms in total. The SMILES string of the molecule is O=C(/C=C/c1ccccc1Cl)N1CCN(CC(O)c2cccs2)CC1.